The molecule has 0 bridgehead atoms. The minimum Gasteiger partial charge on any atom is -0.431 e. The monoisotopic (exact) mass is 333 g/mol. The molecule has 0 atom stereocenters. The molecule has 24 heavy (non-hydrogen) atoms. The van der Waals surface area contributed by atoms with E-state index in [0.717, 1.165) is 0 Å². The summed E-state index contributed by atoms with van der Waals surface area (Å²) in [6.45, 7) is 0. The summed E-state index contributed by atoms with van der Waals surface area (Å²) in [5.74, 6) is -2.67. The number of benzene rings is 1. The molecule has 0 unspecified atom stereocenters. The normalized spacial score (nSPS) is 11.3. The van der Waals surface area contributed by atoms with Crippen LogP contribution in [0.15, 0.2) is 59.1 Å². The van der Waals surface area contributed by atoms with Gasteiger partial charge in [0.1, 0.15) is 5.82 Å². The van der Waals surface area contributed by atoms with Crippen molar-refractivity contribution in [2.24, 2.45) is 0 Å². The predicted octanol–water partition coefficient (Wildman–Crippen LogP) is 4.01. The molecule has 1 amide bonds. The summed E-state index contributed by atoms with van der Waals surface area (Å²) >= 11 is 0. The Morgan fingerprint density at radius 1 is 1.04 bits per heavy atom. The van der Waals surface area contributed by atoms with Crippen LogP contribution in [0.5, 0.6) is 0 Å². The zero-order valence-electron chi connectivity index (χ0n) is 12.0. The number of nitrogens with one attached hydrogen (secondary N) is 1. The molecule has 3 rings (SSSR count). The van der Waals surface area contributed by atoms with Crippen molar-refractivity contribution in [3.8, 4) is 11.5 Å². The van der Waals surface area contributed by atoms with Crippen LogP contribution in [0, 0.1) is 0 Å². The predicted molar refractivity (Wildman–Crippen MR) is 79.1 cm³/mol. The zero-order chi connectivity index (χ0) is 17.2. The molecule has 0 aliphatic rings. The number of aromatic nitrogens is 2. The number of carbonyl (C=O) groups excluding carboxylic acids is 1. The van der Waals surface area contributed by atoms with E-state index in [9.17, 15) is 18.0 Å². The summed E-state index contributed by atoms with van der Waals surface area (Å²) in [6, 6.07) is 12.7. The van der Waals surface area contributed by atoms with Gasteiger partial charge in [-0.15, -0.1) is 0 Å². The summed E-state index contributed by atoms with van der Waals surface area (Å²) in [7, 11) is 0. The lowest BCUT2D eigenvalue weighted by atomic mass is 10.2. The van der Waals surface area contributed by atoms with Crippen molar-refractivity contribution in [3.05, 3.63) is 66.2 Å². The highest BCUT2D eigenvalue weighted by Crippen LogP contribution is 2.35. The van der Waals surface area contributed by atoms with Gasteiger partial charge in [-0.25, -0.2) is 9.97 Å². The lowest BCUT2D eigenvalue weighted by Gasteiger charge is -2.05. The lowest BCUT2D eigenvalue weighted by Crippen LogP contribution is -2.18. The molecule has 122 valence electrons. The SMILES string of the molecule is O=C(Nc1ccccn1)c1nc(-c2ccccc2)oc1C(F)(F)F. The molecule has 3 aromatic rings. The fourth-order valence-electron chi connectivity index (χ4n) is 1.98. The second-order valence-electron chi connectivity index (χ2n) is 4.73. The largest absolute Gasteiger partial charge is 0.452 e. The van der Waals surface area contributed by atoms with Crippen molar-refractivity contribution in [2.45, 2.75) is 6.18 Å². The fourth-order valence-corrected chi connectivity index (χ4v) is 1.98. The Labute approximate surface area is 134 Å². The smallest absolute Gasteiger partial charge is 0.431 e. The Morgan fingerprint density at radius 3 is 2.38 bits per heavy atom. The molecule has 2 heterocycles. The average molecular weight is 333 g/mol. The van der Waals surface area contributed by atoms with Crippen LogP contribution in [0.4, 0.5) is 19.0 Å². The van der Waals surface area contributed by atoms with Gasteiger partial charge in [-0.3, -0.25) is 4.79 Å². The Kier molecular flexibility index (Phi) is 4.03. The number of nitrogens with zero attached hydrogens (tertiary/aromatic N) is 2. The van der Waals surface area contributed by atoms with Gasteiger partial charge >= 0.3 is 6.18 Å². The fraction of sp³-hybridized carbons (Fsp3) is 0.0625. The minimum atomic E-state index is -4.85. The van der Waals surface area contributed by atoms with Crippen molar-refractivity contribution in [2.75, 3.05) is 5.32 Å². The minimum absolute atomic E-state index is 0.111. The first kappa shape index (κ1) is 15.7. The zero-order valence-corrected chi connectivity index (χ0v) is 12.0. The molecule has 0 spiro atoms. The van der Waals surface area contributed by atoms with Crippen LogP contribution in [0.2, 0.25) is 0 Å². The summed E-state index contributed by atoms with van der Waals surface area (Å²) in [5, 5.41) is 2.26. The molecule has 1 N–H and O–H groups in total. The summed E-state index contributed by atoms with van der Waals surface area (Å²) in [5.41, 5.74) is -0.508. The van der Waals surface area contributed by atoms with Crippen LogP contribution in [-0.4, -0.2) is 15.9 Å². The third kappa shape index (κ3) is 3.27. The Morgan fingerprint density at radius 2 is 1.75 bits per heavy atom. The van der Waals surface area contributed by atoms with Crippen LogP contribution < -0.4 is 5.32 Å². The molecule has 0 saturated carbocycles. The highest BCUT2D eigenvalue weighted by atomic mass is 19.4. The van der Waals surface area contributed by atoms with Crippen LogP contribution in [-0.2, 0) is 6.18 Å². The number of anilines is 1. The summed E-state index contributed by atoms with van der Waals surface area (Å²) in [6.07, 6.45) is -3.45. The van der Waals surface area contributed by atoms with E-state index in [0.29, 0.717) is 5.56 Å². The molecule has 0 fully saturated rings. The van der Waals surface area contributed by atoms with Crippen molar-refractivity contribution in [1.82, 2.24) is 9.97 Å². The van der Waals surface area contributed by atoms with E-state index in [1.807, 2.05) is 0 Å². The molecular formula is C16H10F3N3O2. The van der Waals surface area contributed by atoms with Gasteiger partial charge in [0.25, 0.3) is 5.91 Å². The van der Waals surface area contributed by atoms with Gasteiger partial charge in [-0.1, -0.05) is 24.3 Å². The molecule has 8 heteroatoms. The molecule has 5 nitrogen and oxygen atoms in total. The average Bonchev–Trinajstić information content (AvgIpc) is 3.02. The van der Waals surface area contributed by atoms with E-state index in [1.165, 1.54) is 24.4 Å². The molecule has 0 radical (unpaired) electrons. The van der Waals surface area contributed by atoms with Crippen LogP contribution in [0.25, 0.3) is 11.5 Å². The van der Waals surface area contributed by atoms with Gasteiger partial charge in [-0.05, 0) is 24.3 Å². The van der Waals surface area contributed by atoms with E-state index in [2.05, 4.69) is 15.3 Å². The topological polar surface area (TPSA) is 68.0 Å². The first-order chi connectivity index (χ1) is 11.4. The number of oxazole rings is 1. The number of amides is 1. The number of alkyl halides is 3. The van der Waals surface area contributed by atoms with E-state index < -0.39 is 23.5 Å². The van der Waals surface area contributed by atoms with Gasteiger partial charge in [0.2, 0.25) is 11.7 Å². The van der Waals surface area contributed by atoms with Crippen molar-refractivity contribution >= 4 is 11.7 Å². The van der Waals surface area contributed by atoms with Crippen LogP contribution in [0.1, 0.15) is 16.2 Å². The Bertz CT molecular complexity index is 846. The molecule has 0 aliphatic carbocycles. The second kappa shape index (κ2) is 6.15. The maximum absolute atomic E-state index is 13.1. The van der Waals surface area contributed by atoms with Gasteiger partial charge in [0, 0.05) is 11.8 Å². The third-order valence-corrected chi connectivity index (χ3v) is 3.03. The number of pyridine rings is 1. The molecule has 1 aromatic carbocycles. The van der Waals surface area contributed by atoms with Crippen LogP contribution in [0.3, 0.4) is 0 Å². The maximum atomic E-state index is 13.1. The standard InChI is InChI=1S/C16H10F3N3O2/c17-16(18,19)13-12(14(23)21-11-8-4-5-9-20-11)22-15(24-13)10-6-2-1-3-7-10/h1-9H,(H,20,21,23). The Hall–Kier alpha value is -3.16. The number of hydrogen-bond acceptors (Lipinski definition) is 4. The molecule has 0 aliphatic heterocycles. The van der Waals surface area contributed by atoms with Crippen molar-refractivity contribution in [3.63, 3.8) is 0 Å². The highest BCUT2D eigenvalue weighted by Gasteiger charge is 2.42. The number of carbonyl (C=O) groups is 1. The van der Waals surface area contributed by atoms with E-state index >= 15 is 0 Å². The quantitative estimate of drug-likeness (QED) is 0.786. The van der Waals surface area contributed by atoms with E-state index in [-0.39, 0.29) is 11.7 Å². The van der Waals surface area contributed by atoms with Gasteiger partial charge in [-0.2, -0.15) is 13.2 Å². The van der Waals surface area contributed by atoms with Crippen molar-refractivity contribution < 1.29 is 22.4 Å². The number of halogens is 3. The first-order valence-corrected chi connectivity index (χ1v) is 6.81. The summed E-state index contributed by atoms with van der Waals surface area (Å²) < 4.78 is 44.2. The van der Waals surface area contributed by atoms with Crippen molar-refractivity contribution in [1.29, 1.82) is 0 Å². The highest BCUT2D eigenvalue weighted by molar-refractivity contribution is 6.03. The van der Waals surface area contributed by atoms with Gasteiger partial charge in [0.05, 0.1) is 0 Å². The third-order valence-electron chi connectivity index (χ3n) is 3.03. The molecule has 2 aromatic heterocycles. The second-order valence-corrected chi connectivity index (χ2v) is 4.73. The van der Waals surface area contributed by atoms with E-state index in [4.69, 9.17) is 4.42 Å². The summed E-state index contributed by atoms with van der Waals surface area (Å²) in [4.78, 5) is 19.7. The molecule has 0 saturated heterocycles. The lowest BCUT2D eigenvalue weighted by molar-refractivity contribution is -0.153. The van der Waals surface area contributed by atoms with Gasteiger partial charge < -0.3 is 9.73 Å². The number of hydrogen-bond donors (Lipinski definition) is 1. The Balaban J connectivity index is 1.99. The maximum Gasteiger partial charge on any atom is 0.452 e. The number of rotatable bonds is 3. The van der Waals surface area contributed by atoms with Crippen LogP contribution >= 0.6 is 0 Å². The first-order valence-electron chi connectivity index (χ1n) is 6.81. The van der Waals surface area contributed by atoms with E-state index in [1.54, 1.807) is 30.3 Å². The van der Waals surface area contributed by atoms with Gasteiger partial charge in [0.15, 0.2) is 5.69 Å². The molecular weight excluding hydrogens is 323 g/mol.